The van der Waals surface area contributed by atoms with Gasteiger partial charge in [0, 0.05) is 21.2 Å². The van der Waals surface area contributed by atoms with Gasteiger partial charge in [-0.2, -0.15) is 0 Å². The third-order valence-electron chi connectivity index (χ3n) is 4.03. The Morgan fingerprint density at radius 1 is 1.50 bits per heavy atom. The van der Waals surface area contributed by atoms with Crippen molar-refractivity contribution in [2.45, 2.75) is 51.6 Å². The predicted molar refractivity (Wildman–Crippen MR) is 72.9 cm³/mol. The van der Waals surface area contributed by atoms with Gasteiger partial charge in [0.15, 0.2) is 0 Å². The Bertz CT molecular complexity index is 341. The zero-order valence-corrected chi connectivity index (χ0v) is 12.1. The quantitative estimate of drug-likeness (QED) is 0.875. The summed E-state index contributed by atoms with van der Waals surface area (Å²) in [7, 11) is 0. The molecule has 1 atom stereocenters. The molecule has 2 rings (SSSR count). The first kappa shape index (κ1) is 12.6. The van der Waals surface area contributed by atoms with Crippen LogP contribution in [0, 0.1) is 5.41 Å². The molecule has 1 aromatic rings. The van der Waals surface area contributed by atoms with Gasteiger partial charge in [-0.3, -0.25) is 0 Å². The van der Waals surface area contributed by atoms with Gasteiger partial charge in [0.1, 0.15) is 0 Å². The lowest BCUT2D eigenvalue weighted by Gasteiger charge is -2.33. The normalized spacial score (nSPS) is 21.2. The van der Waals surface area contributed by atoms with E-state index in [9.17, 15) is 5.11 Å². The SMILES string of the molecule is CCC1(C(O)Cc2cc(Br)cs2)CCCC1. The predicted octanol–water partition coefficient (Wildman–Crippen LogP) is 4.38. The first-order valence-electron chi connectivity index (χ1n) is 6.07. The average Bonchev–Trinajstić information content (AvgIpc) is 2.88. The number of halogens is 1. The Morgan fingerprint density at radius 3 is 2.69 bits per heavy atom. The van der Waals surface area contributed by atoms with Gasteiger partial charge < -0.3 is 5.11 Å². The third kappa shape index (κ3) is 2.52. The highest BCUT2D eigenvalue weighted by Gasteiger charge is 2.38. The minimum absolute atomic E-state index is 0.162. The molecule has 0 spiro atoms. The summed E-state index contributed by atoms with van der Waals surface area (Å²) in [5.41, 5.74) is 0.205. The van der Waals surface area contributed by atoms with Crippen LogP contribution >= 0.6 is 27.3 Å². The van der Waals surface area contributed by atoms with E-state index in [4.69, 9.17) is 0 Å². The summed E-state index contributed by atoms with van der Waals surface area (Å²) in [6, 6.07) is 2.13. The molecule has 1 unspecified atom stereocenters. The Hall–Kier alpha value is 0.140. The number of hydrogen-bond acceptors (Lipinski definition) is 2. The van der Waals surface area contributed by atoms with Crippen LogP contribution in [0.1, 0.15) is 43.9 Å². The first-order valence-corrected chi connectivity index (χ1v) is 7.74. The van der Waals surface area contributed by atoms with Gasteiger partial charge in [-0.1, -0.05) is 19.8 Å². The maximum absolute atomic E-state index is 10.5. The lowest BCUT2D eigenvalue weighted by molar-refractivity contribution is 0.0263. The molecule has 0 saturated heterocycles. The van der Waals surface area contributed by atoms with Crippen LogP contribution in [0.4, 0.5) is 0 Å². The van der Waals surface area contributed by atoms with Crippen LogP contribution in [0.3, 0.4) is 0 Å². The summed E-state index contributed by atoms with van der Waals surface area (Å²) in [4.78, 5) is 1.29. The Labute approximate surface area is 110 Å². The molecule has 0 amide bonds. The first-order chi connectivity index (χ1) is 7.66. The summed E-state index contributed by atoms with van der Waals surface area (Å²) in [5, 5.41) is 12.5. The number of aliphatic hydroxyl groups is 1. The van der Waals surface area contributed by atoms with E-state index in [1.54, 1.807) is 11.3 Å². The van der Waals surface area contributed by atoms with Crippen molar-refractivity contribution in [3.8, 4) is 0 Å². The van der Waals surface area contributed by atoms with Crippen LogP contribution < -0.4 is 0 Å². The van der Waals surface area contributed by atoms with Crippen LogP contribution in [0.2, 0.25) is 0 Å². The largest absolute Gasteiger partial charge is 0.392 e. The molecule has 1 heterocycles. The second-order valence-corrected chi connectivity index (χ2v) is 6.79. The van der Waals surface area contributed by atoms with Crippen molar-refractivity contribution < 1.29 is 5.11 Å². The summed E-state index contributed by atoms with van der Waals surface area (Å²) in [6.07, 6.45) is 6.77. The van der Waals surface area contributed by atoms with Gasteiger partial charge in [-0.25, -0.2) is 0 Å². The topological polar surface area (TPSA) is 20.2 Å². The number of rotatable bonds is 4. The monoisotopic (exact) mass is 302 g/mol. The van der Waals surface area contributed by atoms with E-state index in [1.807, 2.05) is 0 Å². The Kier molecular flexibility index (Phi) is 4.09. The molecule has 1 N–H and O–H groups in total. The van der Waals surface area contributed by atoms with Crippen LogP contribution in [0.15, 0.2) is 15.9 Å². The van der Waals surface area contributed by atoms with Crippen molar-refractivity contribution in [2.75, 3.05) is 0 Å². The highest BCUT2D eigenvalue weighted by atomic mass is 79.9. The highest BCUT2D eigenvalue weighted by Crippen LogP contribution is 2.45. The Balaban J connectivity index is 2.03. The van der Waals surface area contributed by atoms with Gasteiger partial charge in [0.25, 0.3) is 0 Å². The molecule has 0 bridgehead atoms. The molecule has 16 heavy (non-hydrogen) atoms. The lowest BCUT2D eigenvalue weighted by Crippen LogP contribution is -2.33. The molecule has 0 aromatic carbocycles. The maximum atomic E-state index is 10.5. The van der Waals surface area contributed by atoms with Crippen LogP contribution in [-0.2, 0) is 6.42 Å². The minimum Gasteiger partial charge on any atom is -0.392 e. The lowest BCUT2D eigenvalue weighted by atomic mass is 9.76. The average molecular weight is 303 g/mol. The molecular weight excluding hydrogens is 284 g/mol. The summed E-state index contributed by atoms with van der Waals surface area (Å²) >= 11 is 5.20. The molecule has 0 aliphatic heterocycles. The molecule has 90 valence electrons. The fourth-order valence-corrected chi connectivity index (χ4v) is 4.36. The van der Waals surface area contributed by atoms with E-state index < -0.39 is 0 Å². The maximum Gasteiger partial charge on any atom is 0.0644 e. The molecule has 1 nitrogen and oxygen atoms in total. The third-order valence-corrected chi connectivity index (χ3v) is 5.75. The minimum atomic E-state index is -0.162. The molecular formula is C13H19BrOS. The number of aliphatic hydroxyl groups excluding tert-OH is 1. The standard InChI is InChI=1S/C13H19BrOS/c1-2-13(5-3-4-6-13)12(15)8-11-7-10(14)9-16-11/h7,9,12,15H,2-6,8H2,1H3. The van der Waals surface area contributed by atoms with Crippen molar-refractivity contribution in [1.82, 2.24) is 0 Å². The van der Waals surface area contributed by atoms with E-state index in [0.717, 1.165) is 17.3 Å². The molecule has 1 aliphatic carbocycles. The number of hydrogen-bond donors (Lipinski definition) is 1. The van der Waals surface area contributed by atoms with E-state index >= 15 is 0 Å². The van der Waals surface area contributed by atoms with Crippen LogP contribution in [0.25, 0.3) is 0 Å². The molecule has 0 radical (unpaired) electrons. The molecule has 1 saturated carbocycles. The Morgan fingerprint density at radius 2 is 2.19 bits per heavy atom. The zero-order valence-electron chi connectivity index (χ0n) is 9.71. The van der Waals surface area contributed by atoms with Crippen molar-refractivity contribution >= 4 is 27.3 Å². The van der Waals surface area contributed by atoms with E-state index in [1.165, 1.54) is 30.6 Å². The molecule has 1 aliphatic rings. The van der Waals surface area contributed by atoms with Crippen molar-refractivity contribution in [3.63, 3.8) is 0 Å². The highest BCUT2D eigenvalue weighted by molar-refractivity contribution is 9.10. The fraction of sp³-hybridized carbons (Fsp3) is 0.692. The zero-order chi connectivity index (χ0) is 11.6. The van der Waals surface area contributed by atoms with E-state index in [0.29, 0.717) is 0 Å². The van der Waals surface area contributed by atoms with Crippen LogP contribution in [-0.4, -0.2) is 11.2 Å². The summed E-state index contributed by atoms with van der Waals surface area (Å²) < 4.78 is 1.14. The number of thiophene rings is 1. The van der Waals surface area contributed by atoms with Crippen molar-refractivity contribution in [1.29, 1.82) is 0 Å². The van der Waals surface area contributed by atoms with Crippen molar-refractivity contribution in [3.05, 3.63) is 20.8 Å². The summed E-state index contributed by atoms with van der Waals surface area (Å²) in [5.74, 6) is 0. The second kappa shape index (κ2) is 5.19. The van der Waals surface area contributed by atoms with Gasteiger partial charge in [0.05, 0.1) is 6.10 Å². The smallest absolute Gasteiger partial charge is 0.0644 e. The van der Waals surface area contributed by atoms with Gasteiger partial charge in [-0.15, -0.1) is 11.3 Å². The van der Waals surface area contributed by atoms with E-state index in [-0.39, 0.29) is 11.5 Å². The molecule has 1 fully saturated rings. The fourth-order valence-electron chi connectivity index (χ4n) is 2.87. The molecule has 3 heteroatoms. The van der Waals surface area contributed by atoms with Gasteiger partial charge >= 0.3 is 0 Å². The second-order valence-electron chi connectivity index (χ2n) is 4.87. The van der Waals surface area contributed by atoms with Crippen LogP contribution in [0.5, 0.6) is 0 Å². The van der Waals surface area contributed by atoms with Gasteiger partial charge in [-0.05, 0) is 46.7 Å². The van der Waals surface area contributed by atoms with E-state index in [2.05, 4.69) is 34.3 Å². The van der Waals surface area contributed by atoms with Crippen molar-refractivity contribution in [2.24, 2.45) is 5.41 Å². The van der Waals surface area contributed by atoms with Gasteiger partial charge in [0.2, 0.25) is 0 Å². The molecule has 1 aromatic heterocycles. The summed E-state index contributed by atoms with van der Waals surface area (Å²) in [6.45, 7) is 2.22.